The van der Waals surface area contributed by atoms with E-state index in [1.807, 2.05) is 13.8 Å². The van der Waals surface area contributed by atoms with Crippen molar-refractivity contribution in [1.82, 2.24) is 5.32 Å². The van der Waals surface area contributed by atoms with Crippen molar-refractivity contribution in [3.8, 4) is 0 Å². The van der Waals surface area contributed by atoms with Gasteiger partial charge in [-0.25, -0.2) is 0 Å². The van der Waals surface area contributed by atoms with Crippen LogP contribution in [0.4, 0.5) is 0 Å². The standard InChI is InChI=1S/C13H19NO2S/c1-8-4-5-17-11(8)9-6-10(9)12(16)14-13(2,3)7-15/h4-5,9-10,15H,6-7H2,1-3H3,(H,14,16). The molecule has 2 atom stereocenters. The summed E-state index contributed by atoms with van der Waals surface area (Å²) >= 11 is 1.74. The molecule has 1 aromatic heterocycles. The Labute approximate surface area is 106 Å². The van der Waals surface area contributed by atoms with Gasteiger partial charge in [0.2, 0.25) is 5.91 Å². The number of carbonyl (C=O) groups excluding carboxylic acids is 1. The molecule has 1 aromatic rings. The lowest BCUT2D eigenvalue weighted by molar-refractivity contribution is -0.124. The summed E-state index contributed by atoms with van der Waals surface area (Å²) in [6.45, 7) is 5.72. The molecule has 4 heteroatoms. The molecule has 94 valence electrons. The summed E-state index contributed by atoms with van der Waals surface area (Å²) in [6, 6.07) is 2.10. The Morgan fingerprint density at radius 1 is 1.65 bits per heavy atom. The zero-order chi connectivity index (χ0) is 12.6. The number of hydrogen-bond donors (Lipinski definition) is 2. The van der Waals surface area contributed by atoms with Gasteiger partial charge in [0.05, 0.1) is 12.1 Å². The van der Waals surface area contributed by atoms with Gasteiger partial charge in [0.25, 0.3) is 0 Å². The van der Waals surface area contributed by atoms with E-state index < -0.39 is 5.54 Å². The first kappa shape index (κ1) is 12.6. The number of rotatable bonds is 4. The number of thiophene rings is 1. The predicted octanol–water partition coefficient (Wildman–Crippen LogP) is 2.05. The van der Waals surface area contributed by atoms with Crippen molar-refractivity contribution in [2.75, 3.05) is 6.61 Å². The van der Waals surface area contributed by atoms with Crippen LogP contribution in [0.5, 0.6) is 0 Å². The maximum Gasteiger partial charge on any atom is 0.224 e. The van der Waals surface area contributed by atoms with E-state index in [1.54, 1.807) is 11.3 Å². The van der Waals surface area contributed by atoms with Crippen LogP contribution in [0.25, 0.3) is 0 Å². The largest absolute Gasteiger partial charge is 0.394 e. The topological polar surface area (TPSA) is 49.3 Å². The normalized spacial score (nSPS) is 23.5. The van der Waals surface area contributed by atoms with Crippen molar-refractivity contribution >= 4 is 17.2 Å². The molecule has 2 unspecified atom stereocenters. The van der Waals surface area contributed by atoms with Crippen molar-refractivity contribution in [3.05, 3.63) is 21.9 Å². The molecule has 1 aliphatic carbocycles. The van der Waals surface area contributed by atoms with Crippen molar-refractivity contribution in [3.63, 3.8) is 0 Å². The van der Waals surface area contributed by atoms with E-state index in [1.165, 1.54) is 10.4 Å². The highest BCUT2D eigenvalue weighted by atomic mass is 32.1. The van der Waals surface area contributed by atoms with E-state index in [0.717, 1.165) is 6.42 Å². The van der Waals surface area contributed by atoms with Gasteiger partial charge < -0.3 is 10.4 Å². The van der Waals surface area contributed by atoms with E-state index >= 15 is 0 Å². The van der Waals surface area contributed by atoms with E-state index in [4.69, 9.17) is 5.11 Å². The first-order chi connectivity index (χ1) is 7.94. The van der Waals surface area contributed by atoms with Crippen molar-refractivity contribution in [2.45, 2.75) is 38.6 Å². The molecule has 0 aromatic carbocycles. The predicted molar refractivity (Wildman–Crippen MR) is 69.2 cm³/mol. The van der Waals surface area contributed by atoms with Gasteiger partial charge in [0.1, 0.15) is 0 Å². The molecule has 1 aliphatic rings. The smallest absolute Gasteiger partial charge is 0.224 e. The Morgan fingerprint density at radius 3 is 2.88 bits per heavy atom. The summed E-state index contributed by atoms with van der Waals surface area (Å²) in [7, 11) is 0. The number of aryl methyl sites for hydroxylation is 1. The molecule has 2 N–H and O–H groups in total. The van der Waals surface area contributed by atoms with Gasteiger partial charge >= 0.3 is 0 Å². The van der Waals surface area contributed by atoms with Gasteiger partial charge in [0.15, 0.2) is 0 Å². The molecule has 0 spiro atoms. The second kappa shape index (κ2) is 4.42. The maximum atomic E-state index is 12.0. The van der Waals surface area contributed by atoms with Crippen LogP contribution >= 0.6 is 11.3 Å². The van der Waals surface area contributed by atoms with Gasteiger partial charge in [-0.2, -0.15) is 0 Å². The Hall–Kier alpha value is -0.870. The van der Waals surface area contributed by atoms with Gasteiger partial charge in [-0.05, 0) is 44.2 Å². The maximum absolute atomic E-state index is 12.0. The molecule has 1 heterocycles. The van der Waals surface area contributed by atoms with Crippen LogP contribution in [-0.4, -0.2) is 23.2 Å². The summed E-state index contributed by atoms with van der Waals surface area (Å²) in [5.41, 5.74) is 0.769. The Bertz CT molecular complexity index is 425. The van der Waals surface area contributed by atoms with Crippen LogP contribution in [0, 0.1) is 12.8 Å². The highest BCUT2D eigenvalue weighted by molar-refractivity contribution is 7.10. The van der Waals surface area contributed by atoms with Crippen LogP contribution in [-0.2, 0) is 4.79 Å². The third kappa shape index (κ3) is 2.69. The average Bonchev–Trinajstić information content (AvgIpc) is 2.95. The van der Waals surface area contributed by atoms with Gasteiger partial charge in [0, 0.05) is 16.7 Å². The van der Waals surface area contributed by atoms with E-state index in [0.29, 0.717) is 5.92 Å². The SMILES string of the molecule is Cc1ccsc1C1CC1C(=O)NC(C)(C)CO. The third-order valence-electron chi connectivity index (χ3n) is 3.22. The zero-order valence-electron chi connectivity index (χ0n) is 10.5. The van der Waals surface area contributed by atoms with Crippen LogP contribution in [0.15, 0.2) is 11.4 Å². The number of nitrogens with one attached hydrogen (secondary N) is 1. The monoisotopic (exact) mass is 253 g/mol. The van der Waals surface area contributed by atoms with Crippen LogP contribution in [0.3, 0.4) is 0 Å². The second-order valence-electron chi connectivity index (χ2n) is 5.45. The Kier molecular flexibility index (Phi) is 3.27. The molecule has 0 radical (unpaired) electrons. The Morgan fingerprint density at radius 2 is 2.35 bits per heavy atom. The zero-order valence-corrected chi connectivity index (χ0v) is 11.3. The molecule has 2 rings (SSSR count). The number of aliphatic hydroxyl groups is 1. The first-order valence-corrected chi connectivity index (χ1v) is 6.79. The molecule has 0 bridgehead atoms. The second-order valence-corrected chi connectivity index (χ2v) is 6.40. The number of amides is 1. The molecule has 1 amide bonds. The molecule has 0 saturated heterocycles. The highest BCUT2D eigenvalue weighted by Crippen LogP contribution is 2.50. The Balaban J connectivity index is 1.95. The lowest BCUT2D eigenvalue weighted by Gasteiger charge is -2.23. The van der Waals surface area contributed by atoms with E-state index in [-0.39, 0.29) is 18.4 Å². The quantitative estimate of drug-likeness (QED) is 0.863. The van der Waals surface area contributed by atoms with Gasteiger partial charge in [-0.1, -0.05) is 0 Å². The van der Waals surface area contributed by atoms with Crippen molar-refractivity contribution < 1.29 is 9.90 Å². The summed E-state index contributed by atoms with van der Waals surface area (Å²) in [5, 5.41) is 14.1. The molecule has 0 aliphatic heterocycles. The number of aliphatic hydroxyl groups excluding tert-OH is 1. The van der Waals surface area contributed by atoms with Gasteiger partial charge in [-0.15, -0.1) is 11.3 Å². The molecule has 3 nitrogen and oxygen atoms in total. The fourth-order valence-corrected chi connectivity index (χ4v) is 3.11. The summed E-state index contributed by atoms with van der Waals surface area (Å²) in [6.07, 6.45) is 0.939. The number of carbonyl (C=O) groups is 1. The molecular formula is C13H19NO2S. The lowest BCUT2D eigenvalue weighted by atomic mass is 10.1. The molecule has 1 saturated carbocycles. The van der Waals surface area contributed by atoms with E-state index in [2.05, 4.69) is 23.7 Å². The average molecular weight is 253 g/mol. The molecule has 1 fully saturated rings. The highest BCUT2D eigenvalue weighted by Gasteiger charge is 2.46. The lowest BCUT2D eigenvalue weighted by Crippen LogP contribution is -2.47. The minimum absolute atomic E-state index is 0.0336. The molecule has 17 heavy (non-hydrogen) atoms. The minimum atomic E-state index is -0.519. The van der Waals surface area contributed by atoms with Crippen molar-refractivity contribution in [2.24, 2.45) is 5.92 Å². The first-order valence-electron chi connectivity index (χ1n) is 5.91. The molecular weight excluding hydrogens is 234 g/mol. The number of hydrogen-bond acceptors (Lipinski definition) is 3. The fraction of sp³-hybridized carbons (Fsp3) is 0.615. The third-order valence-corrected chi connectivity index (χ3v) is 4.37. The minimum Gasteiger partial charge on any atom is -0.394 e. The van der Waals surface area contributed by atoms with Crippen molar-refractivity contribution in [1.29, 1.82) is 0 Å². The van der Waals surface area contributed by atoms with Crippen LogP contribution in [0.1, 0.15) is 36.6 Å². The van der Waals surface area contributed by atoms with Crippen LogP contribution in [0.2, 0.25) is 0 Å². The fourth-order valence-electron chi connectivity index (χ4n) is 2.00. The summed E-state index contributed by atoms with van der Waals surface area (Å²) < 4.78 is 0. The summed E-state index contributed by atoms with van der Waals surface area (Å²) in [5.74, 6) is 0.560. The van der Waals surface area contributed by atoms with Gasteiger partial charge in [-0.3, -0.25) is 4.79 Å². The van der Waals surface area contributed by atoms with E-state index in [9.17, 15) is 4.79 Å². The summed E-state index contributed by atoms with van der Waals surface area (Å²) in [4.78, 5) is 13.3. The van der Waals surface area contributed by atoms with Crippen LogP contribution < -0.4 is 5.32 Å².